The van der Waals surface area contributed by atoms with Crippen molar-refractivity contribution in [2.24, 2.45) is 0 Å². The molecule has 0 radical (unpaired) electrons. The fourth-order valence-corrected chi connectivity index (χ4v) is 28.0. The molecule has 12 heterocycles. The summed E-state index contributed by atoms with van der Waals surface area (Å²) in [6.45, 7) is 0. The van der Waals surface area contributed by atoms with Crippen LogP contribution in [-0.2, 0) is 0 Å². The lowest BCUT2D eigenvalue weighted by Gasteiger charge is -2.16. The van der Waals surface area contributed by atoms with E-state index in [1.165, 1.54) is 278 Å². The molecule has 12 aromatic heterocycles. The summed E-state index contributed by atoms with van der Waals surface area (Å²) in [6.07, 6.45) is 9.24. The van der Waals surface area contributed by atoms with Crippen LogP contribution in [0.4, 0.5) is 0 Å². The molecule has 0 bridgehead atoms. The minimum atomic E-state index is 0.923. The number of benzene rings is 24. The molecule has 0 unspecified atom stereocenters. The lowest BCUT2D eigenvalue weighted by molar-refractivity contribution is 0.669. The molecule has 0 saturated heterocycles. The van der Waals surface area contributed by atoms with Gasteiger partial charge < -0.3 is 26.4 Å². The molecule has 0 N–H and O–H groups in total. The second-order valence-corrected chi connectivity index (χ2v) is 41.1. The van der Waals surface area contributed by atoms with Gasteiger partial charge in [-0.2, -0.15) is 0 Å². The Balaban J connectivity index is 0.0000000844. The summed E-state index contributed by atoms with van der Waals surface area (Å²) in [7, 11) is 0. The quantitative estimate of drug-likeness (QED) is 0.142. The zero-order valence-electron chi connectivity index (χ0n) is 77.3. The first-order valence-corrected chi connectivity index (χ1v) is 51.1. The van der Waals surface area contributed by atoms with E-state index in [2.05, 4.69) is 467 Å². The van der Waals surface area contributed by atoms with Crippen molar-refractivity contribution in [3.8, 4) is 0 Å². The maximum absolute atomic E-state index is 6.37. The Morgan fingerprint density at radius 2 is 0.354 bits per heavy atom. The van der Waals surface area contributed by atoms with E-state index in [-0.39, 0.29) is 0 Å². The fraction of sp³-hybridized carbons (Fsp3) is 0. The van der Waals surface area contributed by atoms with Crippen LogP contribution in [0.5, 0.6) is 0 Å². The summed E-state index contributed by atoms with van der Waals surface area (Å²) in [4.78, 5) is 0. The molecule has 24 aromatic carbocycles. The topological polar surface area (TPSA) is 43.9 Å². The van der Waals surface area contributed by atoms with Crippen molar-refractivity contribution in [1.82, 2.24) is 17.6 Å². The van der Waals surface area contributed by atoms with Crippen LogP contribution in [-0.4, -0.2) is 17.6 Å². The average molecular weight is 1860 g/mol. The Morgan fingerprint density at radius 3 is 0.701 bits per heavy atom. The Kier molecular flexibility index (Phi) is 16.1. The first-order valence-electron chi connectivity index (χ1n) is 49.5. The molecule has 0 aliphatic carbocycles. The van der Waals surface area contributed by atoms with Gasteiger partial charge in [-0.05, 0) is 153 Å². The standard InChI is InChI=1S/2C34H19NO.2C34H19NS/c1-2-10-21-20(9-1)19-35-29-17-27-24-13-7-8-16-30(24)36-31(27)18-28(29)32-25-14-5-3-11-22(25)23-12-4-6-15-26(23)33(32)34(21)35;1-2-10-21-20(9-1)19-35-29-18-31-27(24-13-7-8-16-30(24)36-31)17-28(29)32-25-14-5-3-11-22(25)23-12-4-6-15-26(23)33(32)34(21)35;1-2-10-21-20(9-1)19-35-29-17-27-24-13-7-8-16-30(24)36-31(27)18-28(29)32-25-14-5-3-11-22(25)23-12-4-6-15-26(23)33(32)34(21)35;1-2-10-21-20(9-1)19-35-29-18-31-27(24-13-7-8-16-30(24)36-31)17-28(29)32-25-14-5-3-11-22(25)23-12-4-6-15-26(23)33(32)34(21)35/h4*1-19H. The van der Waals surface area contributed by atoms with Gasteiger partial charge in [-0.1, -0.05) is 364 Å². The van der Waals surface area contributed by atoms with E-state index in [9.17, 15) is 0 Å². The molecule has 8 heteroatoms. The van der Waals surface area contributed by atoms with Crippen molar-refractivity contribution in [1.29, 1.82) is 0 Å². The van der Waals surface area contributed by atoms with Gasteiger partial charge in [-0.3, -0.25) is 0 Å². The minimum absolute atomic E-state index is 0.923. The van der Waals surface area contributed by atoms with Crippen molar-refractivity contribution in [2.75, 3.05) is 0 Å². The Bertz CT molecular complexity index is 11500. The molecule has 0 amide bonds. The molecular weight excluding hydrogens is 1790 g/mol. The van der Waals surface area contributed by atoms with Gasteiger partial charge in [0.25, 0.3) is 0 Å². The van der Waals surface area contributed by atoms with Crippen molar-refractivity contribution in [3.05, 3.63) is 462 Å². The number of hydrogen-bond acceptors (Lipinski definition) is 4. The van der Waals surface area contributed by atoms with E-state index in [1.807, 2.05) is 34.8 Å². The summed E-state index contributed by atoms with van der Waals surface area (Å²) >= 11 is 3.79. The minimum Gasteiger partial charge on any atom is -0.456 e. The van der Waals surface area contributed by atoms with Crippen LogP contribution >= 0.6 is 22.7 Å². The van der Waals surface area contributed by atoms with E-state index in [1.54, 1.807) is 0 Å². The van der Waals surface area contributed by atoms with E-state index in [0.29, 0.717) is 0 Å². The molecule has 0 aliphatic heterocycles. The molecule has 36 aromatic rings. The number of hydrogen-bond donors (Lipinski definition) is 0. The molecule has 0 aliphatic rings. The number of thiophene rings is 2. The number of aromatic nitrogens is 4. The summed E-state index contributed by atoms with van der Waals surface area (Å²) in [5, 5.41) is 56.8. The van der Waals surface area contributed by atoms with E-state index in [4.69, 9.17) is 8.83 Å². The fourth-order valence-electron chi connectivity index (χ4n) is 25.7. The summed E-state index contributed by atoms with van der Waals surface area (Å²) in [5.41, 5.74) is 13.7. The third kappa shape index (κ3) is 10.9. The van der Waals surface area contributed by atoms with Gasteiger partial charge in [0.1, 0.15) is 22.3 Å². The molecule has 0 fully saturated rings. The van der Waals surface area contributed by atoms with E-state index >= 15 is 0 Å². The van der Waals surface area contributed by atoms with Gasteiger partial charge in [-0.15, -0.1) is 22.7 Å². The zero-order valence-corrected chi connectivity index (χ0v) is 78.9. The van der Waals surface area contributed by atoms with Gasteiger partial charge in [0.15, 0.2) is 0 Å². The monoisotopic (exact) mass is 1860 g/mol. The average Bonchev–Trinajstić information content (AvgIpc) is 1.52. The highest BCUT2D eigenvalue weighted by molar-refractivity contribution is 7.26. The third-order valence-electron chi connectivity index (χ3n) is 31.7. The lowest BCUT2D eigenvalue weighted by Crippen LogP contribution is -1.92. The molecular formula is C136H76N4O2S2. The number of para-hydroxylation sites is 2. The zero-order chi connectivity index (χ0) is 93.5. The van der Waals surface area contributed by atoms with Gasteiger partial charge in [0, 0.05) is 200 Å². The van der Waals surface area contributed by atoms with Crippen LogP contribution in [0.3, 0.4) is 0 Å². The second-order valence-electron chi connectivity index (χ2n) is 39.0. The second kappa shape index (κ2) is 29.6. The third-order valence-corrected chi connectivity index (χ3v) is 33.9. The normalized spacial score (nSPS) is 12.4. The first kappa shape index (κ1) is 78.5. The molecule has 664 valence electrons. The number of fused-ring (bicyclic) bond motifs is 64. The summed E-state index contributed by atoms with van der Waals surface area (Å²) in [5.74, 6) is 0. The Labute approximate surface area is 826 Å². The molecule has 0 saturated carbocycles. The Morgan fingerprint density at radius 1 is 0.132 bits per heavy atom. The molecule has 144 heavy (non-hydrogen) atoms. The lowest BCUT2D eigenvalue weighted by atomic mass is 9.91. The molecule has 6 nitrogen and oxygen atoms in total. The van der Waals surface area contributed by atoms with Gasteiger partial charge >= 0.3 is 0 Å². The maximum atomic E-state index is 6.37. The smallest absolute Gasteiger partial charge is 0.137 e. The number of pyridine rings is 4. The van der Waals surface area contributed by atoms with Crippen LogP contribution in [0.1, 0.15) is 0 Å². The van der Waals surface area contributed by atoms with Crippen LogP contribution in [0.25, 0.3) is 322 Å². The highest BCUT2D eigenvalue weighted by Crippen LogP contribution is 2.54. The van der Waals surface area contributed by atoms with Crippen molar-refractivity contribution in [2.45, 2.75) is 0 Å². The maximum Gasteiger partial charge on any atom is 0.137 e. The number of rotatable bonds is 0. The van der Waals surface area contributed by atoms with Crippen LogP contribution in [0.15, 0.2) is 470 Å². The predicted octanol–water partition coefficient (Wildman–Crippen LogP) is 39.4. The van der Waals surface area contributed by atoms with Gasteiger partial charge in [0.05, 0.1) is 44.1 Å². The highest BCUT2D eigenvalue weighted by Gasteiger charge is 2.28. The predicted molar refractivity (Wildman–Crippen MR) is 620 cm³/mol. The first-order chi connectivity index (χ1) is 71.5. The van der Waals surface area contributed by atoms with Gasteiger partial charge in [0.2, 0.25) is 0 Å². The number of nitrogens with zero attached hydrogens (tertiary/aromatic N) is 4. The molecule has 0 spiro atoms. The van der Waals surface area contributed by atoms with E-state index < -0.39 is 0 Å². The summed E-state index contributed by atoms with van der Waals surface area (Å²) in [6, 6.07) is 159. The summed E-state index contributed by atoms with van der Waals surface area (Å²) < 4.78 is 27.8. The SMILES string of the molecule is c1ccc2c(c1)cn1c3cc4c(cc3c3c5ccccc5c5ccccc5c3c21)oc1ccccc14.c1ccc2c(c1)cn1c3cc4c(cc3c3c5ccccc5c5ccccc5c3c21)sc1ccccc14.c1ccc2c(c1)cn1c3cc4oc5ccccc5c4cc3c3c4ccccc4c4ccccc4c3c21.c1ccc2c(c1)cn1c3cc4sc5ccccc5c4cc3c3c4ccccc4c4ccccc4c3c21. The molecule has 0 atom stereocenters. The molecule has 36 rings (SSSR count). The van der Waals surface area contributed by atoms with Gasteiger partial charge in [-0.25, -0.2) is 0 Å². The van der Waals surface area contributed by atoms with Crippen LogP contribution in [0.2, 0.25) is 0 Å². The highest BCUT2D eigenvalue weighted by atomic mass is 32.1. The largest absolute Gasteiger partial charge is 0.456 e. The van der Waals surface area contributed by atoms with E-state index in [0.717, 1.165) is 43.9 Å². The Hall–Kier alpha value is -18.4. The van der Waals surface area contributed by atoms with Crippen molar-refractivity contribution < 1.29 is 8.83 Å². The van der Waals surface area contributed by atoms with Crippen molar-refractivity contribution in [3.63, 3.8) is 0 Å². The van der Waals surface area contributed by atoms with Crippen LogP contribution in [0, 0.1) is 0 Å². The van der Waals surface area contributed by atoms with Crippen LogP contribution < -0.4 is 0 Å². The number of furan rings is 2. The van der Waals surface area contributed by atoms with Crippen molar-refractivity contribution >= 4 is 345 Å².